The monoisotopic (exact) mass is 354 g/mol. The van der Waals surface area contributed by atoms with E-state index in [-0.39, 0.29) is 18.4 Å². The van der Waals surface area contributed by atoms with Crippen molar-refractivity contribution in [1.29, 1.82) is 0 Å². The summed E-state index contributed by atoms with van der Waals surface area (Å²) < 4.78 is 0. The zero-order valence-electron chi connectivity index (χ0n) is 15.6. The number of likely N-dealkylation sites (tertiary alicyclic amines) is 1. The van der Waals surface area contributed by atoms with Crippen molar-refractivity contribution >= 4 is 11.9 Å². The standard InChI is InChI=1S/C20H26N4O2/c1-13(2)10-15-11-17(23-19(21)22-15)18(25)24-9-8-20(26,12-24)16-7-5-4-6-14(16)3/h4-7,11,13,26H,8-10,12H2,1-3H3,(H2,21,22,23). The summed E-state index contributed by atoms with van der Waals surface area (Å²) in [4.78, 5) is 22.9. The van der Waals surface area contributed by atoms with Gasteiger partial charge in [0.1, 0.15) is 11.3 Å². The van der Waals surface area contributed by atoms with Gasteiger partial charge < -0.3 is 15.7 Å². The molecule has 2 aromatic rings. The molecule has 1 aliphatic heterocycles. The van der Waals surface area contributed by atoms with Gasteiger partial charge in [-0.2, -0.15) is 0 Å². The predicted octanol–water partition coefficient (Wildman–Crippen LogP) is 2.30. The average Bonchev–Trinajstić information content (AvgIpc) is 2.96. The Morgan fingerprint density at radius 2 is 2.08 bits per heavy atom. The Kier molecular flexibility index (Phi) is 4.96. The Hall–Kier alpha value is -2.47. The lowest BCUT2D eigenvalue weighted by Gasteiger charge is -2.25. The lowest BCUT2D eigenvalue weighted by Crippen LogP contribution is -2.35. The van der Waals surface area contributed by atoms with Crippen molar-refractivity contribution in [2.45, 2.75) is 39.2 Å². The number of benzene rings is 1. The normalized spacial score (nSPS) is 20.0. The Labute approximate surface area is 154 Å². The average molecular weight is 354 g/mol. The molecular weight excluding hydrogens is 328 g/mol. The molecule has 1 unspecified atom stereocenters. The number of amides is 1. The SMILES string of the molecule is Cc1ccccc1C1(O)CCN(C(=O)c2cc(CC(C)C)nc(N)n2)C1. The molecule has 6 heteroatoms. The Balaban J connectivity index is 1.82. The van der Waals surface area contributed by atoms with Crippen LogP contribution >= 0.6 is 0 Å². The van der Waals surface area contributed by atoms with Gasteiger partial charge >= 0.3 is 0 Å². The van der Waals surface area contributed by atoms with Crippen LogP contribution in [0.5, 0.6) is 0 Å². The minimum absolute atomic E-state index is 0.111. The first-order valence-electron chi connectivity index (χ1n) is 9.00. The van der Waals surface area contributed by atoms with Gasteiger partial charge in [-0.1, -0.05) is 38.1 Å². The number of nitrogens with zero attached hydrogens (tertiary/aromatic N) is 3. The molecule has 0 spiro atoms. The first kappa shape index (κ1) is 18.3. The van der Waals surface area contributed by atoms with Gasteiger partial charge in [-0.3, -0.25) is 4.79 Å². The van der Waals surface area contributed by atoms with Gasteiger partial charge in [-0.15, -0.1) is 0 Å². The maximum atomic E-state index is 12.9. The number of nitrogen functional groups attached to an aromatic ring is 1. The van der Waals surface area contributed by atoms with E-state index >= 15 is 0 Å². The molecule has 1 fully saturated rings. The summed E-state index contributed by atoms with van der Waals surface area (Å²) in [7, 11) is 0. The molecule has 0 saturated carbocycles. The highest BCUT2D eigenvalue weighted by molar-refractivity contribution is 5.93. The summed E-state index contributed by atoms with van der Waals surface area (Å²) in [6.07, 6.45) is 1.24. The van der Waals surface area contributed by atoms with Crippen molar-refractivity contribution in [3.8, 4) is 0 Å². The van der Waals surface area contributed by atoms with E-state index in [1.165, 1.54) is 0 Å². The summed E-state index contributed by atoms with van der Waals surface area (Å²) in [5, 5.41) is 11.1. The number of carbonyl (C=O) groups is 1. The second kappa shape index (κ2) is 7.03. The highest BCUT2D eigenvalue weighted by atomic mass is 16.3. The molecule has 26 heavy (non-hydrogen) atoms. The van der Waals surface area contributed by atoms with Gasteiger partial charge in [-0.25, -0.2) is 9.97 Å². The number of aromatic nitrogens is 2. The van der Waals surface area contributed by atoms with Gasteiger partial charge in [0.05, 0.1) is 6.54 Å². The lowest BCUT2D eigenvalue weighted by molar-refractivity contribution is 0.0410. The number of aryl methyl sites for hydroxylation is 1. The quantitative estimate of drug-likeness (QED) is 0.879. The third kappa shape index (κ3) is 3.70. The molecule has 1 aromatic carbocycles. The molecule has 0 radical (unpaired) electrons. The molecule has 0 aliphatic carbocycles. The number of rotatable bonds is 4. The van der Waals surface area contributed by atoms with E-state index in [2.05, 4.69) is 23.8 Å². The van der Waals surface area contributed by atoms with Crippen molar-refractivity contribution in [1.82, 2.24) is 14.9 Å². The van der Waals surface area contributed by atoms with E-state index in [4.69, 9.17) is 5.73 Å². The number of hydrogen-bond donors (Lipinski definition) is 2. The zero-order chi connectivity index (χ0) is 18.9. The van der Waals surface area contributed by atoms with E-state index < -0.39 is 5.60 Å². The molecule has 6 nitrogen and oxygen atoms in total. The van der Waals surface area contributed by atoms with Crippen molar-refractivity contribution in [3.05, 3.63) is 52.8 Å². The molecule has 1 aliphatic rings. The Morgan fingerprint density at radius 1 is 1.35 bits per heavy atom. The maximum absolute atomic E-state index is 12.9. The van der Waals surface area contributed by atoms with Crippen molar-refractivity contribution < 1.29 is 9.90 Å². The van der Waals surface area contributed by atoms with E-state index in [1.54, 1.807) is 11.0 Å². The summed E-state index contributed by atoms with van der Waals surface area (Å²) in [6.45, 7) is 6.87. The van der Waals surface area contributed by atoms with Crippen LogP contribution < -0.4 is 5.73 Å². The number of β-amino-alcohol motifs (C(OH)–C–C–N with tert-alkyl or cyclic N) is 1. The molecule has 2 heterocycles. The number of nitrogens with two attached hydrogens (primary N) is 1. The van der Waals surface area contributed by atoms with Gasteiger partial charge in [-0.05, 0) is 42.9 Å². The lowest BCUT2D eigenvalue weighted by atomic mass is 9.89. The molecule has 1 aromatic heterocycles. The second-order valence-electron chi connectivity index (χ2n) is 7.52. The van der Waals surface area contributed by atoms with Crippen LogP contribution in [-0.4, -0.2) is 39.0 Å². The molecule has 3 N–H and O–H groups in total. The summed E-state index contributed by atoms with van der Waals surface area (Å²) in [5.41, 5.74) is 7.72. The number of anilines is 1. The van der Waals surface area contributed by atoms with Crippen LogP contribution in [0.3, 0.4) is 0 Å². The summed E-state index contributed by atoms with van der Waals surface area (Å²) in [6, 6.07) is 9.46. The molecule has 1 atom stereocenters. The summed E-state index contributed by atoms with van der Waals surface area (Å²) >= 11 is 0. The second-order valence-corrected chi connectivity index (χ2v) is 7.52. The third-order valence-electron chi connectivity index (χ3n) is 4.81. The first-order chi connectivity index (χ1) is 12.3. The van der Waals surface area contributed by atoms with Crippen LogP contribution in [0.1, 0.15) is 47.6 Å². The Bertz CT molecular complexity index is 821. The van der Waals surface area contributed by atoms with E-state index in [9.17, 15) is 9.90 Å². The van der Waals surface area contributed by atoms with Crippen LogP contribution in [0.25, 0.3) is 0 Å². The van der Waals surface area contributed by atoms with Crippen molar-refractivity contribution in [3.63, 3.8) is 0 Å². The number of carbonyl (C=O) groups excluding carboxylic acids is 1. The van der Waals surface area contributed by atoms with Crippen molar-refractivity contribution in [2.75, 3.05) is 18.8 Å². The molecule has 3 rings (SSSR count). The minimum Gasteiger partial charge on any atom is -0.383 e. The number of aliphatic hydroxyl groups is 1. The highest BCUT2D eigenvalue weighted by Gasteiger charge is 2.40. The molecule has 0 bridgehead atoms. The highest BCUT2D eigenvalue weighted by Crippen LogP contribution is 2.34. The van der Waals surface area contributed by atoms with E-state index in [0.717, 1.165) is 23.2 Å². The third-order valence-corrected chi connectivity index (χ3v) is 4.81. The predicted molar refractivity (Wildman–Crippen MR) is 101 cm³/mol. The smallest absolute Gasteiger partial charge is 0.272 e. The zero-order valence-corrected chi connectivity index (χ0v) is 15.6. The van der Waals surface area contributed by atoms with E-state index in [1.807, 2.05) is 31.2 Å². The fraction of sp³-hybridized carbons (Fsp3) is 0.450. The Morgan fingerprint density at radius 3 is 2.77 bits per heavy atom. The van der Waals surface area contributed by atoms with E-state index in [0.29, 0.717) is 24.6 Å². The molecule has 1 amide bonds. The minimum atomic E-state index is -1.03. The van der Waals surface area contributed by atoms with Gasteiger partial charge in [0.25, 0.3) is 5.91 Å². The van der Waals surface area contributed by atoms with Crippen LogP contribution in [0.4, 0.5) is 5.95 Å². The van der Waals surface area contributed by atoms with Gasteiger partial charge in [0.15, 0.2) is 0 Å². The molecule has 1 saturated heterocycles. The van der Waals surface area contributed by atoms with Crippen LogP contribution in [0, 0.1) is 12.8 Å². The van der Waals surface area contributed by atoms with Crippen LogP contribution in [-0.2, 0) is 12.0 Å². The fourth-order valence-electron chi connectivity index (χ4n) is 3.59. The summed E-state index contributed by atoms with van der Waals surface area (Å²) in [5.74, 6) is 0.304. The topological polar surface area (TPSA) is 92.3 Å². The maximum Gasteiger partial charge on any atom is 0.272 e. The largest absolute Gasteiger partial charge is 0.383 e. The number of hydrogen-bond acceptors (Lipinski definition) is 5. The molecular formula is C20H26N4O2. The van der Waals surface area contributed by atoms with Crippen LogP contribution in [0.15, 0.2) is 30.3 Å². The van der Waals surface area contributed by atoms with Crippen molar-refractivity contribution in [2.24, 2.45) is 5.92 Å². The van der Waals surface area contributed by atoms with Gasteiger partial charge in [0, 0.05) is 12.2 Å². The van der Waals surface area contributed by atoms with Crippen LogP contribution in [0.2, 0.25) is 0 Å². The van der Waals surface area contributed by atoms with Gasteiger partial charge in [0.2, 0.25) is 5.95 Å². The first-order valence-corrected chi connectivity index (χ1v) is 9.00. The fourth-order valence-corrected chi connectivity index (χ4v) is 3.59. The molecule has 138 valence electrons.